The van der Waals surface area contributed by atoms with E-state index >= 15 is 0 Å². The Morgan fingerprint density at radius 3 is 1.65 bits per heavy atom. The maximum absolute atomic E-state index is 13.7. The lowest BCUT2D eigenvalue weighted by Crippen LogP contribution is -2.57. The summed E-state index contributed by atoms with van der Waals surface area (Å²) < 4.78 is 87.9. The van der Waals surface area contributed by atoms with Crippen molar-refractivity contribution in [2.24, 2.45) is 0 Å². The highest BCUT2D eigenvalue weighted by Crippen LogP contribution is 2.45. The molecule has 17 heavy (non-hydrogen) atoms. The molecule has 1 nitrogen and oxygen atoms in total. The third-order valence-corrected chi connectivity index (χ3v) is 2.62. The molecule has 1 atom stereocenters. The predicted molar refractivity (Wildman–Crippen MR) is 45.7 cm³/mol. The zero-order valence-corrected chi connectivity index (χ0v) is 8.63. The first-order valence-electron chi connectivity index (χ1n) is 4.93. The molecule has 0 saturated carbocycles. The number of likely N-dealkylation sites (tertiary alicyclic amines) is 1. The van der Waals surface area contributed by atoms with Crippen molar-refractivity contribution in [3.63, 3.8) is 0 Å². The summed E-state index contributed by atoms with van der Waals surface area (Å²) in [6, 6.07) is 0. The molecule has 8 heteroatoms. The van der Waals surface area contributed by atoms with Gasteiger partial charge in [0.1, 0.15) is 0 Å². The highest BCUT2D eigenvalue weighted by atomic mass is 19.4. The van der Waals surface area contributed by atoms with Crippen LogP contribution in [0, 0.1) is 0 Å². The lowest BCUT2D eigenvalue weighted by molar-refractivity contribution is -0.276. The second-order valence-electron chi connectivity index (χ2n) is 3.74. The van der Waals surface area contributed by atoms with Crippen LogP contribution in [-0.4, -0.2) is 30.0 Å². The third kappa shape index (κ3) is 2.56. The molecule has 0 aromatic carbocycles. The lowest BCUT2D eigenvalue weighted by Gasteiger charge is -2.39. The number of halogens is 7. The Bertz CT molecular complexity index is 301. The molecule has 100 valence electrons. The van der Waals surface area contributed by atoms with Crippen LogP contribution in [0.5, 0.6) is 0 Å². The Hall–Kier alpha value is -0.790. The van der Waals surface area contributed by atoms with Gasteiger partial charge in [-0.3, -0.25) is 4.90 Å². The van der Waals surface area contributed by atoms with Crippen LogP contribution in [-0.2, 0) is 0 Å². The van der Waals surface area contributed by atoms with Crippen molar-refractivity contribution in [3.05, 3.63) is 11.9 Å². The van der Waals surface area contributed by atoms with E-state index in [1.54, 1.807) is 0 Å². The minimum atomic E-state index is -5.74. The molecule has 1 aliphatic heterocycles. The predicted octanol–water partition coefficient (Wildman–Crippen LogP) is 3.78. The first kappa shape index (κ1) is 14.3. The van der Waals surface area contributed by atoms with Crippen LogP contribution < -0.4 is 0 Å². The molecule has 1 saturated heterocycles. The quantitative estimate of drug-likeness (QED) is 0.542. The van der Waals surface area contributed by atoms with Gasteiger partial charge in [-0.1, -0.05) is 6.42 Å². The summed E-state index contributed by atoms with van der Waals surface area (Å²) in [5.74, 6) is -7.78. The number of rotatable bonds is 2. The smallest absolute Gasteiger partial charge is 0.258 e. The number of piperidine rings is 1. The lowest BCUT2D eigenvalue weighted by atomic mass is 10.1. The van der Waals surface area contributed by atoms with Gasteiger partial charge in [-0.15, -0.1) is 0 Å². The summed E-state index contributed by atoms with van der Waals surface area (Å²) in [6.07, 6.45) is -8.03. The molecule has 1 heterocycles. The molecular formula is C9H10F7N. The topological polar surface area (TPSA) is 3.24 Å². The van der Waals surface area contributed by atoms with Gasteiger partial charge in [0, 0.05) is 13.1 Å². The maximum atomic E-state index is 13.7. The van der Waals surface area contributed by atoms with Crippen LogP contribution in [0.15, 0.2) is 11.9 Å². The van der Waals surface area contributed by atoms with E-state index in [1.165, 1.54) is 0 Å². The van der Waals surface area contributed by atoms with Gasteiger partial charge in [-0.25, -0.2) is 8.78 Å². The monoisotopic (exact) mass is 265 g/mol. The molecule has 1 unspecified atom stereocenters. The summed E-state index contributed by atoms with van der Waals surface area (Å²) in [5, 5.41) is 0. The summed E-state index contributed by atoms with van der Waals surface area (Å²) in [4.78, 5) is 0.0744. The average Bonchev–Trinajstić information content (AvgIpc) is 2.26. The summed E-state index contributed by atoms with van der Waals surface area (Å²) in [7, 11) is 0. The Morgan fingerprint density at radius 2 is 1.29 bits per heavy atom. The molecular weight excluding hydrogens is 255 g/mol. The second kappa shape index (κ2) is 4.83. The number of hydrogen-bond acceptors (Lipinski definition) is 1. The van der Waals surface area contributed by atoms with Gasteiger partial charge in [0.2, 0.25) is 5.83 Å². The van der Waals surface area contributed by atoms with Crippen LogP contribution >= 0.6 is 0 Å². The van der Waals surface area contributed by atoms with E-state index in [2.05, 4.69) is 0 Å². The van der Waals surface area contributed by atoms with Gasteiger partial charge in [0.05, 0.1) is 0 Å². The van der Waals surface area contributed by atoms with Crippen molar-refractivity contribution in [1.29, 1.82) is 0 Å². The van der Waals surface area contributed by atoms with Crippen LogP contribution in [0.3, 0.4) is 0 Å². The first-order chi connectivity index (χ1) is 7.71. The number of nitrogens with zero attached hydrogens (tertiary/aromatic N) is 1. The van der Waals surface area contributed by atoms with Gasteiger partial charge in [0.15, 0.2) is 0 Å². The molecule has 1 fully saturated rings. The summed E-state index contributed by atoms with van der Waals surface area (Å²) in [6.45, 7) is -0.812. The van der Waals surface area contributed by atoms with Crippen molar-refractivity contribution >= 4 is 0 Å². The minimum absolute atomic E-state index is 0.0744. The Labute approximate surface area is 92.9 Å². The van der Waals surface area contributed by atoms with Crippen molar-refractivity contribution in [2.75, 3.05) is 13.1 Å². The molecule has 0 N–H and O–H groups in total. The SMILES string of the molecule is FC(F)=C(F)C(F)(N1CCCCC1)C(F)(F)F. The largest absolute Gasteiger partial charge is 0.443 e. The van der Waals surface area contributed by atoms with E-state index in [9.17, 15) is 30.7 Å². The van der Waals surface area contributed by atoms with E-state index in [1.807, 2.05) is 0 Å². The fourth-order valence-corrected chi connectivity index (χ4v) is 1.77. The van der Waals surface area contributed by atoms with Gasteiger partial charge >= 0.3 is 18.0 Å². The average molecular weight is 265 g/mol. The van der Waals surface area contributed by atoms with Crippen LogP contribution in [0.2, 0.25) is 0 Å². The molecule has 0 aliphatic carbocycles. The number of alkyl halides is 4. The molecule has 1 rings (SSSR count). The molecule has 0 amide bonds. The van der Waals surface area contributed by atoms with Crippen LogP contribution in [0.25, 0.3) is 0 Å². The highest BCUT2D eigenvalue weighted by Gasteiger charge is 2.65. The molecule has 1 aliphatic rings. The molecule has 0 spiro atoms. The number of hydrogen-bond donors (Lipinski definition) is 0. The van der Waals surface area contributed by atoms with Gasteiger partial charge in [0.25, 0.3) is 0 Å². The normalized spacial score (nSPS) is 22.1. The van der Waals surface area contributed by atoms with E-state index < -0.39 is 37.0 Å². The summed E-state index contributed by atoms with van der Waals surface area (Å²) >= 11 is 0. The second-order valence-corrected chi connectivity index (χ2v) is 3.74. The van der Waals surface area contributed by atoms with Crippen LogP contribution in [0.4, 0.5) is 30.7 Å². The summed E-state index contributed by atoms with van der Waals surface area (Å²) in [5.41, 5.74) is 0. The van der Waals surface area contributed by atoms with Gasteiger partial charge in [-0.2, -0.15) is 22.0 Å². The van der Waals surface area contributed by atoms with Crippen molar-refractivity contribution in [1.82, 2.24) is 4.90 Å². The zero-order chi connectivity index (χ0) is 13.3. The Balaban J connectivity index is 3.14. The molecule has 0 bridgehead atoms. The zero-order valence-electron chi connectivity index (χ0n) is 8.63. The Morgan fingerprint density at radius 1 is 0.824 bits per heavy atom. The minimum Gasteiger partial charge on any atom is -0.258 e. The Kier molecular flexibility index (Phi) is 4.06. The molecule has 0 radical (unpaired) electrons. The maximum Gasteiger partial charge on any atom is 0.443 e. The fourth-order valence-electron chi connectivity index (χ4n) is 1.77. The molecule has 0 aromatic rings. The van der Waals surface area contributed by atoms with Gasteiger partial charge in [-0.05, 0) is 12.8 Å². The van der Waals surface area contributed by atoms with E-state index in [0.29, 0.717) is 6.42 Å². The van der Waals surface area contributed by atoms with Crippen molar-refractivity contribution in [3.8, 4) is 0 Å². The van der Waals surface area contributed by atoms with E-state index in [-0.39, 0.29) is 17.7 Å². The van der Waals surface area contributed by atoms with Crippen molar-refractivity contribution < 1.29 is 30.7 Å². The highest BCUT2D eigenvalue weighted by molar-refractivity contribution is 5.13. The third-order valence-electron chi connectivity index (χ3n) is 2.62. The van der Waals surface area contributed by atoms with E-state index in [4.69, 9.17) is 0 Å². The fraction of sp³-hybridized carbons (Fsp3) is 0.778. The standard InChI is InChI=1S/C9H10F7N/c10-6(7(11)12)8(13,9(14,15)16)17-4-2-1-3-5-17/h1-5H2. The van der Waals surface area contributed by atoms with E-state index in [0.717, 1.165) is 0 Å². The van der Waals surface area contributed by atoms with Gasteiger partial charge < -0.3 is 0 Å². The first-order valence-corrected chi connectivity index (χ1v) is 4.93. The molecule has 0 aromatic heterocycles. The van der Waals surface area contributed by atoms with Crippen molar-refractivity contribution in [2.45, 2.75) is 31.2 Å². The van der Waals surface area contributed by atoms with Crippen LogP contribution in [0.1, 0.15) is 19.3 Å².